The van der Waals surface area contributed by atoms with Gasteiger partial charge in [-0.2, -0.15) is 0 Å². The second kappa shape index (κ2) is 5.22. The Morgan fingerprint density at radius 2 is 2.28 bits per heavy atom. The standard InChI is InChI=1S/C12H19N5O/c1-9(2)18-7-6-16(3)12-11-14-4-5-17(11)8-10(13)15-12/h4-5,8-9H,6-7,13H2,1-3H3. The van der Waals surface area contributed by atoms with Crippen molar-refractivity contribution in [3.8, 4) is 0 Å². The molecule has 0 fully saturated rings. The van der Waals surface area contributed by atoms with Gasteiger partial charge in [0, 0.05) is 26.0 Å². The van der Waals surface area contributed by atoms with Crippen molar-refractivity contribution in [1.29, 1.82) is 0 Å². The van der Waals surface area contributed by atoms with E-state index in [0.29, 0.717) is 12.4 Å². The third-order valence-electron chi connectivity index (χ3n) is 2.61. The van der Waals surface area contributed by atoms with Crippen LogP contribution in [0.2, 0.25) is 0 Å². The summed E-state index contributed by atoms with van der Waals surface area (Å²) < 4.78 is 7.40. The first-order valence-corrected chi connectivity index (χ1v) is 6.00. The molecule has 0 aliphatic heterocycles. The highest BCUT2D eigenvalue weighted by Crippen LogP contribution is 2.17. The van der Waals surface area contributed by atoms with Crippen molar-refractivity contribution in [3.63, 3.8) is 0 Å². The molecule has 0 saturated carbocycles. The summed E-state index contributed by atoms with van der Waals surface area (Å²) in [6, 6.07) is 0. The quantitative estimate of drug-likeness (QED) is 0.861. The molecule has 0 aromatic carbocycles. The maximum atomic E-state index is 5.78. The normalized spacial score (nSPS) is 11.3. The van der Waals surface area contributed by atoms with Crippen LogP contribution in [0.5, 0.6) is 0 Å². The van der Waals surface area contributed by atoms with Crippen LogP contribution in [0.15, 0.2) is 18.6 Å². The number of nitrogens with two attached hydrogens (primary N) is 1. The van der Waals surface area contributed by atoms with Gasteiger partial charge in [-0.25, -0.2) is 9.97 Å². The fraction of sp³-hybridized carbons (Fsp3) is 0.500. The number of hydrogen-bond acceptors (Lipinski definition) is 5. The van der Waals surface area contributed by atoms with Crippen LogP contribution in [0.4, 0.5) is 11.6 Å². The molecule has 2 aromatic heterocycles. The van der Waals surface area contributed by atoms with Gasteiger partial charge in [-0.15, -0.1) is 0 Å². The number of hydrogen-bond donors (Lipinski definition) is 1. The molecule has 0 radical (unpaired) electrons. The van der Waals surface area contributed by atoms with E-state index in [1.807, 2.05) is 36.4 Å². The van der Waals surface area contributed by atoms with E-state index in [1.54, 1.807) is 12.4 Å². The van der Waals surface area contributed by atoms with Crippen molar-refractivity contribution in [3.05, 3.63) is 18.6 Å². The molecule has 6 nitrogen and oxygen atoms in total. The van der Waals surface area contributed by atoms with E-state index in [9.17, 15) is 0 Å². The van der Waals surface area contributed by atoms with Crippen LogP contribution >= 0.6 is 0 Å². The van der Waals surface area contributed by atoms with E-state index in [2.05, 4.69) is 9.97 Å². The Balaban J connectivity index is 2.16. The zero-order valence-corrected chi connectivity index (χ0v) is 11.0. The zero-order valence-electron chi connectivity index (χ0n) is 11.0. The first-order valence-electron chi connectivity index (χ1n) is 6.00. The van der Waals surface area contributed by atoms with E-state index in [-0.39, 0.29) is 6.10 Å². The topological polar surface area (TPSA) is 68.7 Å². The highest BCUT2D eigenvalue weighted by Gasteiger charge is 2.10. The molecule has 98 valence electrons. The molecule has 0 atom stereocenters. The lowest BCUT2D eigenvalue weighted by atomic mass is 10.4. The summed E-state index contributed by atoms with van der Waals surface area (Å²) in [5, 5.41) is 0. The molecule has 0 spiro atoms. The SMILES string of the molecule is CC(C)OCCN(C)c1nc(N)cn2ccnc12. The van der Waals surface area contributed by atoms with Gasteiger partial charge in [-0.05, 0) is 13.8 Å². The van der Waals surface area contributed by atoms with Crippen LogP contribution in [-0.2, 0) is 4.74 Å². The Hall–Kier alpha value is -1.82. The van der Waals surface area contributed by atoms with Crippen LogP contribution < -0.4 is 10.6 Å². The number of nitrogen functional groups attached to an aromatic ring is 1. The lowest BCUT2D eigenvalue weighted by Crippen LogP contribution is -2.25. The Morgan fingerprint density at radius 1 is 1.50 bits per heavy atom. The van der Waals surface area contributed by atoms with Gasteiger partial charge in [0.15, 0.2) is 11.5 Å². The minimum Gasteiger partial charge on any atom is -0.382 e. The number of nitrogens with zero attached hydrogens (tertiary/aromatic N) is 4. The van der Waals surface area contributed by atoms with Gasteiger partial charge >= 0.3 is 0 Å². The number of aromatic nitrogens is 3. The fourth-order valence-electron chi connectivity index (χ4n) is 1.72. The van der Waals surface area contributed by atoms with Gasteiger partial charge in [0.25, 0.3) is 0 Å². The monoisotopic (exact) mass is 249 g/mol. The second-order valence-electron chi connectivity index (χ2n) is 4.49. The van der Waals surface area contributed by atoms with Crippen molar-refractivity contribution in [2.24, 2.45) is 0 Å². The van der Waals surface area contributed by atoms with E-state index in [4.69, 9.17) is 10.5 Å². The molecule has 0 aliphatic rings. The van der Waals surface area contributed by atoms with Gasteiger partial charge < -0.3 is 19.8 Å². The number of anilines is 2. The van der Waals surface area contributed by atoms with Gasteiger partial charge in [0.2, 0.25) is 0 Å². The molecule has 0 saturated heterocycles. The summed E-state index contributed by atoms with van der Waals surface area (Å²) >= 11 is 0. The van der Waals surface area contributed by atoms with Crippen LogP contribution in [0.25, 0.3) is 5.65 Å². The van der Waals surface area contributed by atoms with E-state index >= 15 is 0 Å². The Bertz CT molecular complexity index is 522. The van der Waals surface area contributed by atoms with E-state index < -0.39 is 0 Å². The van der Waals surface area contributed by atoms with Gasteiger partial charge in [-0.1, -0.05) is 0 Å². The molecule has 0 amide bonds. The molecular formula is C12H19N5O. The van der Waals surface area contributed by atoms with Crippen molar-refractivity contribution >= 4 is 17.3 Å². The first kappa shape index (κ1) is 12.6. The summed E-state index contributed by atoms with van der Waals surface area (Å²) in [4.78, 5) is 10.6. The molecular weight excluding hydrogens is 230 g/mol. The minimum atomic E-state index is 0.235. The maximum Gasteiger partial charge on any atom is 0.180 e. The number of imidazole rings is 1. The number of fused-ring (bicyclic) bond motifs is 1. The van der Waals surface area contributed by atoms with Crippen molar-refractivity contribution in [1.82, 2.24) is 14.4 Å². The largest absolute Gasteiger partial charge is 0.382 e. The van der Waals surface area contributed by atoms with Crippen molar-refractivity contribution < 1.29 is 4.74 Å². The molecule has 0 unspecified atom stereocenters. The molecule has 6 heteroatoms. The molecule has 2 heterocycles. The third kappa shape index (κ3) is 2.70. The average molecular weight is 249 g/mol. The average Bonchev–Trinajstić information content (AvgIpc) is 2.74. The molecule has 0 bridgehead atoms. The van der Waals surface area contributed by atoms with E-state index in [0.717, 1.165) is 18.0 Å². The molecule has 2 N–H and O–H groups in total. The van der Waals surface area contributed by atoms with Crippen molar-refractivity contribution in [2.45, 2.75) is 20.0 Å². The van der Waals surface area contributed by atoms with Crippen LogP contribution in [0.1, 0.15) is 13.8 Å². The zero-order chi connectivity index (χ0) is 13.1. The minimum absolute atomic E-state index is 0.235. The molecule has 0 aliphatic carbocycles. The Kier molecular flexibility index (Phi) is 3.66. The summed E-state index contributed by atoms with van der Waals surface area (Å²) in [6.45, 7) is 5.44. The lowest BCUT2D eigenvalue weighted by Gasteiger charge is -2.19. The maximum absolute atomic E-state index is 5.78. The second-order valence-corrected chi connectivity index (χ2v) is 4.49. The van der Waals surface area contributed by atoms with Crippen LogP contribution in [-0.4, -0.2) is 40.7 Å². The Morgan fingerprint density at radius 3 is 3.00 bits per heavy atom. The van der Waals surface area contributed by atoms with E-state index in [1.165, 1.54) is 0 Å². The van der Waals surface area contributed by atoms with Crippen molar-refractivity contribution in [2.75, 3.05) is 30.8 Å². The summed E-state index contributed by atoms with van der Waals surface area (Å²) in [6.07, 6.45) is 5.58. The first-order chi connectivity index (χ1) is 8.58. The predicted octanol–water partition coefficient (Wildman–Crippen LogP) is 1.17. The van der Waals surface area contributed by atoms with Gasteiger partial charge in [0.05, 0.1) is 18.9 Å². The Labute approximate surface area is 106 Å². The number of ether oxygens (including phenoxy) is 1. The number of rotatable bonds is 5. The molecule has 2 rings (SSSR count). The van der Waals surface area contributed by atoms with Crippen LogP contribution in [0.3, 0.4) is 0 Å². The van der Waals surface area contributed by atoms with Crippen LogP contribution in [0, 0.1) is 0 Å². The summed E-state index contributed by atoms with van der Waals surface area (Å²) in [5.41, 5.74) is 6.58. The fourth-order valence-corrected chi connectivity index (χ4v) is 1.72. The molecule has 18 heavy (non-hydrogen) atoms. The molecule has 2 aromatic rings. The smallest absolute Gasteiger partial charge is 0.180 e. The lowest BCUT2D eigenvalue weighted by molar-refractivity contribution is 0.0845. The predicted molar refractivity (Wildman–Crippen MR) is 71.8 cm³/mol. The highest BCUT2D eigenvalue weighted by atomic mass is 16.5. The summed E-state index contributed by atoms with van der Waals surface area (Å²) in [5.74, 6) is 1.25. The third-order valence-corrected chi connectivity index (χ3v) is 2.61. The number of likely N-dealkylation sites (N-methyl/N-ethyl adjacent to an activating group) is 1. The summed E-state index contributed by atoms with van der Waals surface area (Å²) in [7, 11) is 1.96. The van der Waals surface area contributed by atoms with Gasteiger partial charge in [-0.3, -0.25) is 0 Å². The highest BCUT2D eigenvalue weighted by molar-refractivity contribution is 5.65. The van der Waals surface area contributed by atoms with Gasteiger partial charge in [0.1, 0.15) is 5.82 Å².